The number of hydrogen-bond acceptors (Lipinski definition) is 5. The first-order valence-corrected chi connectivity index (χ1v) is 5.32. The number of nitrogens with two attached hydrogens (primary N) is 1. The Kier molecular flexibility index (Phi) is 5.38. The van der Waals surface area contributed by atoms with E-state index in [4.69, 9.17) is 15.2 Å². The Morgan fingerprint density at radius 2 is 2.00 bits per heavy atom. The molecule has 1 unspecified atom stereocenters. The van der Waals surface area contributed by atoms with Crippen molar-refractivity contribution in [3.63, 3.8) is 0 Å². The number of nitro benzene ring substituents is 1. The smallest absolute Gasteiger partial charge is 0.269 e. The maximum absolute atomic E-state index is 10.4. The first-order valence-electron chi connectivity index (χ1n) is 5.32. The predicted molar refractivity (Wildman–Crippen MR) is 63.1 cm³/mol. The second-order valence-electron chi connectivity index (χ2n) is 3.52. The zero-order valence-corrected chi connectivity index (χ0v) is 9.67. The molecular formula is C11H16N2O4. The fourth-order valence-corrected chi connectivity index (χ4v) is 1.14. The van der Waals surface area contributed by atoms with Crippen molar-refractivity contribution in [3.05, 3.63) is 34.4 Å². The topological polar surface area (TPSA) is 87.6 Å². The first-order chi connectivity index (χ1) is 8.13. The van der Waals surface area contributed by atoms with E-state index in [1.54, 1.807) is 12.1 Å². The van der Waals surface area contributed by atoms with Crippen LogP contribution in [0.15, 0.2) is 24.3 Å². The van der Waals surface area contributed by atoms with Gasteiger partial charge in [-0.15, -0.1) is 0 Å². The molecule has 1 aromatic carbocycles. The third kappa shape index (κ3) is 4.80. The molecule has 0 spiro atoms. The standard InChI is InChI=1S/C11H16N2O4/c1-9(8-12)16-6-7-17-11-4-2-10(3-5-11)13(14)15/h2-5,9H,6-8,12H2,1H3. The summed E-state index contributed by atoms with van der Waals surface area (Å²) < 4.78 is 10.7. The van der Waals surface area contributed by atoms with Gasteiger partial charge in [-0.1, -0.05) is 0 Å². The lowest BCUT2D eigenvalue weighted by molar-refractivity contribution is -0.384. The Hall–Kier alpha value is -1.66. The quantitative estimate of drug-likeness (QED) is 0.441. The Bertz CT molecular complexity index is 353. The summed E-state index contributed by atoms with van der Waals surface area (Å²) in [5.74, 6) is 0.583. The third-order valence-electron chi connectivity index (χ3n) is 2.13. The van der Waals surface area contributed by atoms with Gasteiger partial charge >= 0.3 is 0 Å². The fraction of sp³-hybridized carbons (Fsp3) is 0.455. The summed E-state index contributed by atoms with van der Waals surface area (Å²) in [5.41, 5.74) is 5.43. The minimum Gasteiger partial charge on any atom is -0.491 e. The molecule has 6 nitrogen and oxygen atoms in total. The zero-order chi connectivity index (χ0) is 12.7. The van der Waals surface area contributed by atoms with E-state index in [1.807, 2.05) is 6.92 Å². The van der Waals surface area contributed by atoms with Gasteiger partial charge in [-0.2, -0.15) is 0 Å². The van der Waals surface area contributed by atoms with Crippen LogP contribution in [0.5, 0.6) is 5.75 Å². The van der Waals surface area contributed by atoms with Crippen LogP contribution in [0.1, 0.15) is 6.92 Å². The molecule has 1 rings (SSSR count). The van der Waals surface area contributed by atoms with E-state index in [0.717, 1.165) is 0 Å². The van der Waals surface area contributed by atoms with Crippen LogP contribution in [0.3, 0.4) is 0 Å². The lowest BCUT2D eigenvalue weighted by Gasteiger charge is -2.11. The van der Waals surface area contributed by atoms with Crippen LogP contribution in [0, 0.1) is 10.1 Å². The number of hydrogen-bond donors (Lipinski definition) is 1. The maximum atomic E-state index is 10.4. The van der Waals surface area contributed by atoms with Gasteiger partial charge in [0.05, 0.1) is 17.6 Å². The number of nitro groups is 1. The molecule has 0 aliphatic heterocycles. The van der Waals surface area contributed by atoms with Gasteiger partial charge in [0.2, 0.25) is 0 Å². The van der Waals surface area contributed by atoms with E-state index in [0.29, 0.717) is 25.5 Å². The van der Waals surface area contributed by atoms with Crippen molar-refractivity contribution < 1.29 is 14.4 Å². The molecular weight excluding hydrogens is 224 g/mol. The fourth-order valence-electron chi connectivity index (χ4n) is 1.14. The van der Waals surface area contributed by atoms with Gasteiger partial charge in [-0.05, 0) is 19.1 Å². The molecule has 2 N–H and O–H groups in total. The number of nitrogens with zero attached hydrogens (tertiary/aromatic N) is 1. The van der Waals surface area contributed by atoms with Gasteiger partial charge in [0, 0.05) is 18.7 Å². The number of non-ortho nitro benzene ring substituents is 1. The van der Waals surface area contributed by atoms with Crippen molar-refractivity contribution in [2.75, 3.05) is 19.8 Å². The molecule has 0 bridgehead atoms. The molecule has 1 aromatic rings. The van der Waals surface area contributed by atoms with Gasteiger partial charge in [0.1, 0.15) is 12.4 Å². The lowest BCUT2D eigenvalue weighted by Crippen LogP contribution is -2.22. The van der Waals surface area contributed by atoms with Gasteiger partial charge in [-0.3, -0.25) is 10.1 Å². The highest BCUT2D eigenvalue weighted by atomic mass is 16.6. The molecule has 0 fully saturated rings. The molecule has 6 heteroatoms. The average Bonchev–Trinajstić information content (AvgIpc) is 2.34. The molecule has 1 atom stereocenters. The Morgan fingerprint density at radius 3 is 2.53 bits per heavy atom. The van der Waals surface area contributed by atoms with E-state index in [-0.39, 0.29) is 11.8 Å². The van der Waals surface area contributed by atoms with E-state index in [1.165, 1.54) is 12.1 Å². The minimum atomic E-state index is -0.449. The van der Waals surface area contributed by atoms with Crippen molar-refractivity contribution in [3.8, 4) is 5.75 Å². The van der Waals surface area contributed by atoms with E-state index >= 15 is 0 Å². The van der Waals surface area contributed by atoms with Crippen LogP contribution in [0.2, 0.25) is 0 Å². The molecule has 0 aromatic heterocycles. The SMILES string of the molecule is CC(CN)OCCOc1ccc([N+](=O)[O-])cc1. The number of ether oxygens (including phenoxy) is 2. The largest absolute Gasteiger partial charge is 0.491 e. The monoisotopic (exact) mass is 240 g/mol. The molecule has 0 radical (unpaired) electrons. The van der Waals surface area contributed by atoms with E-state index in [9.17, 15) is 10.1 Å². The Labute approximate surface area is 99.5 Å². The number of benzene rings is 1. The molecule has 0 heterocycles. The van der Waals surface area contributed by atoms with Crippen LogP contribution >= 0.6 is 0 Å². The van der Waals surface area contributed by atoms with Crippen molar-refractivity contribution >= 4 is 5.69 Å². The summed E-state index contributed by atoms with van der Waals surface area (Å²) in [5, 5.41) is 10.4. The van der Waals surface area contributed by atoms with Crippen LogP contribution in [0.4, 0.5) is 5.69 Å². The molecule has 0 saturated carbocycles. The summed E-state index contributed by atoms with van der Waals surface area (Å²) >= 11 is 0. The van der Waals surface area contributed by atoms with Gasteiger partial charge in [0.15, 0.2) is 0 Å². The normalized spacial score (nSPS) is 12.1. The second-order valence-corrected chi connectivity index (χ2v) is 3.52. The minimum absolute atomic E-state index is 0.00969. The van der Waals surface area contributed by atoms with E-state index < -0.39 is 4.92 Å². The lowest BCUT2D eigenvalue weighted by atomic mass is 10.3. The highest BCUT2D eigenvalue weighted by Crippen LogP contribution is 2.16. The summed E-state index contributed by atoms with van der Waals surface area (Å²) in [4.78, 5) is 9.96. The average molecular weight is 240 g/mol. The first kappa shape index (κ1) is 13.4. The molecule has 0 amide bonds. The summed E-state index contributed by atoms with van der Waals surface area (Å²) in [6.45, 7) is 3.18. The van der Waals surface area contributed by atoms with Crippen molar-refractivity contribution in [2.45, 2.75) is 13.0 Å². The summed E-state index contributed by atoms with van der Waals surface area (Å²) in [6.07, 6.45) is 0.00969. The van der Waals surface area contributed by atoms with Crippen LogP contribution < -0.4 is 10.5 Å². The zero-order valence-electron chi connectivity index (χ0n) is 9.67. The Morgan fingerprint density at radius 1 is 1.35 bits per heavy atom. The summed E-state index contributed by atoms with van der Waals surface area (Å²) in [6, 6.07) is 5.92. The van der Waals surface area contributed by atoms with Gasteiger partial charge in [0.25, 0.3) is 5.69 Å². The predicted octanol–water partition coefficient (Wildman–Crippen LogP) is 1.34. The Balaban J connectivity index is 2.30. The molecule has 0 aliphatic carbocycles. The van der Waals surface area contributed by atoms with Crippen LogP contribution in [0.25, 0.3) is 0 Å². The highest BCUT2D eigenvalue weighted by Gasteiger charge is 2.04. The van der Waals surface area contributed by atoms with Gasteiger partial charge in [-0.25, -0.2) is 0 Å². The van der Waals surface area contributed by atoms with Crippen molar-refractivity contribution in [1.82, 2.24) is 0 Å². The number of rotatable bonds is 7. The van der Waals surface area contributed by atoms with Crippen molar-refractivity contribution in [1.29, 1.82) is 0 Å². The van der Waals surface area contributed by atoms with Crippen LogP contribution in [-0.4, -0.2) is 30.8 Å². The highest BCUT2D eigenvalue weighted by molar-refractivity contribution is 5.35. The van der Waals surface area contributed by atoms with Crippen molar-refractivity contribution in [2.24, 2.45) is 5.73 Å². The van der Waals surface area contributed by atoms with Gasteiger partial charge < -0.3 is 15.2 Å². The van der Waals surface area contributed by atoms with E-state index in [2.05, 4.69) is 0 Å². The molecule has 94 valence electrons. The van der Waals surface area contributed by atoms with Crippen LogP contribution in [-0.2, 0) is 4.74 Å². The third-order valence-corrected chi connectivity index (χ3v) is 2.13. The molecule has 17 heavy (non-hydrogen) atoms. The summed E-state index contributed by atoms with van der Waals surface area (Å²) in [7, 11) is 0. The molecule has 0 saturated heterocycles. The molecule has 0 aliphatic rings. The second kappa shape index (κ2) is 6.82. The maximum Gasteiger partial charge on any atom is 0.269 e.